The zero-order chi connectivity index (χ0) is 41.9. The molecule has 0 bridgehead atoms. The Morgan fingerprint density at radius 3 is 2.38 bits per heavy atom. The highest BCUT2D eigenvalue weighted by Gasteiger charge is 2.68. The van der Waals surface area contributed by atoms with Crippen LogP contribution in [0.15, 0.2) is 72.3 Å². The van der Waals surface area contributed by atoms with Gasteiger partial charge in [0.25, 0.3) is 0 Å². The number of morpholine rings is 1. The fourth-order valence-corrected chi connectivity index (χ4v) is 12.2. The summed E-state index contributed by atoms with van der Waals surface area (Å²) in [5, 5.41) is 17.3. The van der Waals surface area contributed by atoms with Crippen molar-refractivity contribution in [2.45, 2.75) is 32.6 Å². The van der Waals surface area contributed by atoms with E-state index in [4.69, 9.17) is 37.8 Å². The molecule has 5 heterocycles. The second-order valence-corrected chi connectivity index (χ2v) is 18.4. The number of aromatic nitrogens is 2. The number of anilines is 3. The lowest BCUT2D eigenvalue weighted by molar-refractivity contribution is -0.131. The van der Waals surface area contributed by atoms with Gasteiger partial charge in [-0.15, -0.1) is 11.3 Å². The molecule has 15 heteroatoms. The Hall–Kier alpha value is -5.21. The van der Waals surface area contributed by atoms with Crippen molar-refractivity contribution in [2.75, 3.05) is 48.1 Å². The molecule has 5 aromatic rings. The third-order valence-corrected chi connectivity index (χ3v) is 15.4. The second kappa shape index (κ2) is 14.2. The van der Waals surface area contributed by atoms with Crippen LogP contribution in [0.4, 0.5) is 17.2 Å². The predicted molar refractivity (Wildman–Crippen MR) is 230 cm³/mol. The highest BCUT2D eigenvalue weighted by molar-refractivity contribution is 7.22. The third-order valence-electron chi connectivity index (χ3n) is 13.6. The van der Waals surface area contributed by atoms with E-state index in [2.05, 4.69) is 4.90 Å². The number of aromatic hydroxyl groups is 1. The Balaban J connectivity index is 1.05. The van der Waals surface area contributed by atoms with Gasteiger partial charge in [-0.2, -0.15) is 5.10 Å². The number of methoxy groups -OCH3 is 1. The molecule has 4 fully saturated rings. The van der Waals surface area contributed by atoms with Gasteiger partial charge in [-0.3, -0.25) is 28.8 Å². The Bertz CT molecular complexity index is 2710. The topological polar surface area (TPSA) is 135 Å². The van der Waals surface area contributed by atoms with E-state index < -0.39 is 46.8 Å². The molecule has 3 aromatic carbocycles. The van der Waals surface area contributed by atoms with Crippen molar-refractivity contribution in [1.29, 1.82) is 0 Å². The Kier molecular flexibility index (Phi) is 9.21. The zero-order valence-corrected chi connectivity index (χ0v) is 35.6. The minimum Gasteiger partial charge on any atom is -0.503 e. The first kappa shape index (κ1) is 39.0. The van der Waals surface area contributed by atoms with Crippen LogP contribution >= 0.6 is 34.5 Å². The number of halogens is 2. The number of nitrogens with zero attached hydrogens (tertiary/aromatic N) is 5. The normalized spacial score (nSPS) is 26.5. The highest BCUT2D eigenvalue weighted by atomic mass is 35.5. The summed E-state index contributed by atoms with van der Waals surface area (Å²) in [4.78, 5) is 65.0. The molecule has 3 aliphatic heterocycles. The summed E-state index contributed by atoms with van der Waals surface area (Å²) in [5.41, 5.74) is 3.07. The van der Waals surface area contributed by atoms with Crippen molar-refractivity contribution in [3.63, 3.8) is 0 Å². The molecule has 4 amide bonds. The monoisotopic (exact) mass is 865 g/mol. The van der Waals surface area contributed by atoms with Gasteiger partial charge in [0.05, 0.1) is 59.1 Å². The average molecular weight is 867 g/mol. The Morgan fingerprint density at radius 1 is 0.917 bits per heavy atom. The fraction of sp³-hybridized carbons (Fsp3) is 0.356. The molecular formula is C45H41Cl2N5O7S. The van der Waals surface area contributed by atoms with Crippen molar-refractivity contribution in [3.05, 3.63) is 93.5 Å². The smallest absolute Gasteiger partial charge is 0.242 e. The molecule has 60 heavy (non-hydrogen) atoms. The van der Waals surface area contributed by atoms with Crippen LogP contribution in [0.25, 0.3) is 20.7 Å². The van der Waals surface area contributed by atoms with Crippen molar-refractivity contribution >= 4 is 85.4 Å². The maximum atomic E-state index is 15.3. The summed E-state index contributed by atoms with van der Waals surface area (Å²) in [6.07, 6.45) is 2.44. The molecule has 308 valence electrons. The number of carbonyl (C=O) groups excluding carboxylic acids is 4. The van der Waals surface area contributed by atoms with Crippen LogP contribution in [0.3, 0.4) is 0 Å². The first-order chi connectivity index (χ1) is 28.8. The lowest BCUT2D eigenvalue weighted by atomic mass is 9.51. The number of fused-ring (bicyclic) bond motifs is 5. The van der Waals surface area contributed by atoms with Gasteiger partial charge in [-0.05, 0) is 104 Å². The number of phenols is 1. The van der Waals surface area contributed by atoms with E-state index in [1.54, 1.807) is 48.2 Å². The number of thiophene rings is 1. The van der Waals surface area contributed by atoms with E-state index in [0.717, 1.165) is 44.9 Å². The van der Waals surface area contributed by atoms with E-state index in [0.29, 0.717) is 41.0 Å². The van der Waals surface area contributed by atoms with Gasteiger partial charge in [0.15, 0.2) is 11.5 Å². The molecule has 1 N–H and O–H groups in total. The predicted octanol–water partition coefficient (Wildman–Crippen LogP) is 7.90. The molecule has 6 atom stereocenters. The maximum Gasteiger partial charge on any atom is 0.242 e. The molecule has 3 saturated heterocycles. The largest absolute Gasteiger partial charge is 0.503 e. The first-order valence-electron chi connectivity index (χ1n) is 20.0. The van der Waals surface area contributed by atoms with Crippen molar-refractivity contribution in [2.24, 2.45) is 36.1 Å². The van der Waals surface area contributed by atoms with Gasteiger partial charge in [-0.1, -0.05) is 34.9 Å². The molecule has 2 aromatic heterocycles. The molecule has 0 spiro atoms. The number of ether oxygens (including phenoxy) is 2. The molecule has 0 radical (unpaired) electrons. The van der Waals surface area contributed by atoms with Gasteiger partial charge < -0.3 is 19.5 Å². The van der Waals surface area contributed by atoms with Gasteiger partial charge in [0, 0.05) is 47.5 Å². The molecule has 10 rings (SSSR count). The van der Waals surface area contributed by atoms with E-state index in [1.807, 2.05) is 55.5 Å². The van der Waals surface area contributed by atoms with Crippen molar-refractivity contribution in [1.82, 2.24) is 9.78 Å². The molecule has 12 nitrogen and oxygen atoms in total. The van der Waals surface area contributed by atoms with Crippen molar-refractivity contribution < 1.29 is 33.8 Å². The van der Waals surface area contributed by atoms with E-state index in [-0.39, 0.29) is 41.2 Å². The summed E-state index contributed by atoms with van der Waals surface area (Å²) in [7, 11) is 3.13. The van der Waals surface area contributed by atoms with E-state index >= 15 is 9.59 Å². The van der Waals surface area contributed by atoms with Crippen LogP contribution in [0, 0.1) is 36.0 Å². The number of amides is 4. The minimum absolute atomic E-state index is 0.0182. The van der Waals surface area contributed by atoms with Gasteiger partial charge >= 0.3 is 0 Å². The fourth-order valence-electron chi connectivity index (χ4n) is 10.6. The molecule has 5 aliphatic rings. The number of carbonyl (C=O) groups is 4. The SMILES string of the molecule is COc1cc(C2C3=CCC4C(=O)N(c5ccc(N6CCOCC6)cc5)C(=O)C4C3CC3C(=O)N(c4cc(-c5sc6ccc(Cl)cc6c5C)nn4C)C(=O)C32C)cc(Cl)c1O. The van der Waals surface area contributed by atoms with Gasteiger partial charge in [0.2, 0.25) is 23.6 Å². The molecular weight excluding hydrogens is 825 g/mol. The van der Waals surface area contributed by atoms with Gasteiger partial charge in [-0.25, -0.2) is 4.90 Å². The molecule has 6 unspecified atom stereocenters. The Labute approximate surface area is 359 Å². The maximum absolute atomic E-state index is 15.3. The number of rotatable bonds is 6. The average Bonchev–Trinajstić information content (AvgIpc) is 3.92. The quantitative estimate of drug-likeness (QED) is 0.134. The number of imide groups is 2. The molecule has 1 saturated carbocycles. The summed E-state index contributed by atoms with van der Waals surface area (Å²) in [6, 6.07) is 18.2. The first-order valence-corrected chi connectivity index (χ1v) is 21.6. The van der Waals surface area contributed by atoms with Crippen LogP contribution in [0.1, 0.15) is 36.8 Å². The highest BCUT2D eigenvalue weighted by Crippen LogP contribution is 2.64. The second-order valence-electron chi connectivity index (χ2n) is 16.6. The minimum atomic E-state index is -1.35. The summed E-state index contributed by atoms with van der Waals surface area (Å²) in [6.45, 7) is 6.57. The number of phenolic OH excluding ortho intramolecular Hbond substituents is 1. The summed E-state index contributed by atoms with van der Waals surface area (Å²) < 4.78 is 13.6. The van der Waals surface area contributed by atoms with Gasteiger partial charge in [0.1, 0.15) is 11.5 Å². The zero-order valence-electron chi connectivity index (χ0n) is 33.3. The van der Waals surface area contributed by atoms with Crippen LogP contribution < -0.4 is 19.4 Å². The van der Waals surface area contributed by atoms with E-state index in [1.165, 1.54) is 16.9 Å². The van der Waals surface area contributed by atoms with Crippen LogP contribution in [0.2, 0.25) is 10.0 Å². The van der Waals surface area contributed by atoms with Crippen LogP contribution in [-0.2, 0) is 31.0 Å². The van der Waals surface area contributed by atoms with E-state index in [9.17, 15) is 14.7 Å². The number of hydrogen-bond acceptors (Lipinski definition) is 10. The summed E-state index contributed by atoms with van der Waals surface area (Å²) in [5.74, 6) is -4.86. The number of allylic oxidation sites excluding steroid dienone is 2. The number of benzene rings is 3. The standard InChI is InChI=1S/C45H41Cl2N5O7S/c1-22-29-19-24(46)5-12-35(29)60-40(22)33-21-36(49(3)48-33)52-42(55)31-20-30-27(38(45(31,2)44(52)57)23-17-32(47)39(53)34(18-23)58-4)10-11-28-37(30)43(56)51(41(28)54)26-8-6-25(7-9-26)50-13-15-59-16-14-50/h5-10,12,17-19,21,28,30-31,37-38,53H,11,13-16,20H2,1-4H3. The lowest BCUT2D eigenvalue weighted by Gasteiger charge is -2.49. The van der Waals surface area contributed by atoms with Crippen molar-refractivity contribution in [3.8, 4) is 22.1 Å². The molecule has 2 aliphatic carbocycles. The number of hydrogen-bond donors (Lipinski definition) is 1. The summed E-state index contributed by atoms with van der Waals surface area (Å²) >= 11 is 14.5. The Morgan fingerprint density at radius 2 is 1.65 bits per heavy atom. The number of aryl methyl sites for hydroxylation is 2. The van der Waals surface area contributed by atoms with Crippen LogP contribution in [-0.4, -0.2) is 71.9 Å². The lowest BCUT2D eigenvalue weighted by Crippen LogP contribution is -2.49. The van der Waals surface area contributed by atoms with Crippen LogP contribution in [0.5, 0.6) is 11.5 Å². The third kappa shape index (κ3) is 5.62.